The molecule has 0 aliphatic carbocycles. The molecule has 1 aromatic carbocycles. The summed E-state index contributed by atoms with van der Waals surface area (Å²) in [5.41, 5.74) is 7.87. The average Bonchev–Trinajstić information content (AvgIpc) is 2.31. The number of nitrogens with one attached hydrogen (secondary N) is 1. The molecule has 1 amide bonds. The molecule has 0 aliphatic rings. The molecule has 1 heterocycles. The van der Waals surface area contributed by atoms with E-state index in [-0.39, 0.29) is 11.4 Å². The number of pyridine rings is 1. The van der Waals surface area contributed by atoms with Gasteiger partial charge in [-0.25, -0.2) is 9.37 Å². The summed E-state index contributed by atoms with van der Waals surface area (Å²) in [7, 11) is 0. The Morgan fingerprint density at radius 2 is 1.89 bits per heavy atom. The van der Waals surface area contributed by atoms with E-state index in [4.69, 9.17) is 5.73 Å². The maximum atomic E-state index is 13.7. The first-order valence-electron chi connectivity index (χ1n) is 5.77. The highest BCUT2D eigenvalue weighted by Crippen LogP contribution is 2.17. The molecule has 0 bridgehead atoms. The maximum Gasteiger partial charge on any atom is 0.258 e. The van der Waals surface area contributed by atoms with E-state index in [9.17, 15) is 9.18 Å². The molecule has 0 radical (unpaired) electrons. The van der Waals surface area contributed by atoms with E-state index < -0.39 is 11.7 Å². The van der Waals surface area contributed by atoms with Crippen LogP contribution >= 0.6 is 0 Å². The molecule has 0 aliphatic heterocycles. The highest BCUT2D eigenvalue weighted by molar-refractivity contribution is 6.04. The molecule has 2 aromatic rings. The van der Waals surface area contributed by atoms with Gasteiger partial charge in [-0.3, -0.25) is 4.79 Å². The average molecular weight is 259 g/mol. The van der Waals surface area contributed by atoms with E-state index in [0.717, 1.165) is 11.1 Å². The van der Waals surface area contributed by atoms with Crippen LogP contribution in [0.25, 0.3) is 0 Å². The first-order chi connectivity index (χ1) is 8.97. The van der Waals surface area contributed by atoms with Crippen LogP contribution in [0.4, 0.5) is 15.9 Å². The van der Waals surface area contributed by atoms with Crippen molar-refractivity contribution in [2.24, 2.45) is 0 Å². The van der Waals surface area contributed by atoms with E-state index in [1.807, 2.05) is 32.0 Å². The number of carbonyl (C=O) groups excluding carboxylic acids is 1. The number of nitrogen functional groups attached to an aromatic ring is 1. The van der Waals surface area contributed by atoms with Crippen molar-refractivity contribution >= 4 is 17.4 Å². The normalized spacial score (nSPS) is 10.3. The number of rotatable bonds is 2. The van der Waals surface area contributed by atoms with E-state index >= 15 is 0 Å². The van der Waals surface area contributed by atoms with E-state index in [0.29, 0.717) is 5.69 Å². The lowest BCUT2D eigenvalue weighted by atomic mass is 10.1. The third kappa shape index (κ3) is 2.88. The van der Waals surface area contributed by atoms with Crippen LogP contribution in [0.3, 0.4) is 0 Å². The number of aryl methyl sites for hydroxylation is 2. The number of amides is 1. The lowest BCUT2D eigenvalue weighted by Crippen LogP contribution is -2.15. The summed E-state index contributed by atoms with van der Waals surface area (Å²) in [6.45, 7) is 3.85. The number of carbonyl (C=O) groups is 1. The smallest absolute Gasteiger partial charge is 0.258 e. The monoisotopic (exact) mass is 259 g/mol. The standard InChI is InChI=1S/C14H14FN3O/c1-8-5-9(2)7-10(6-8)18-14(19)11-3-4-17-13(16)12(11)15/h3-7H,1-2H3,(H2,16,17)(H,18,19). The minimum absolute atomic E-state index is 0.119. The maximum absolute atomic E-state index is 13.7. The number of halogens is 1. The van der Waals surface area contributed by atoms with Crippen LogP contribution in [-0.4, -0.2) is 10.9 Å². The number of benzene rings is 1. The Morgan fingerprint density at radius 3 is 2.53 bits per heavy atom. The summed E-state index contributed by atoms with van der Waals surface area (Å²) in [5.74, 6) is -1.63. The second kappa shape index (κ2) is 5.06. The summed E-state index contributed by atoms with van der Waals surface area (Å²) >= 11 is 0. The van der Waals surface area contributed by atoms with E-state index in [2.05, 4.69) is 10.3 Å². The van der Waals surface area contributed by atoms with Gasteiger partial charge in [-0.2, -0.15) is 0 Å². The van der Waals surface area contributed by atoms with Crippen LogP contribution in [-0.2, 0) is 0 Å². The Bertz CT molecular complexity index is 620. The quantitative estimate of drug-likeness (QED) is 0.871. The van der Waals surface area contributed by atoms with Gasteiger partial charge in [0, 0.05) is 11.9 Å². The van der Waals surface area contributed by atoms with Crippen LogP contribution in [0.15, 0.2) is 30.5 Å². The molecule has 0 saturated heterocycles. The zero-order valence-electron chi connectivity index (χ0n) is 10.7. The number of aromatic nitrogens is 1. The largest absolute Gasteiger partial charge is 0.381 e. The van der Waals surface area contributed by atoms with Crippen molar-refractivity contribution < 1.29 is 9.18 Å². The minimum atomic E-state index is -0.802. The van der Waals surface area contributed by atoms with Gasteiger partial charge in [0.2, 0.25) is 0 Å². The molecule has 0 spiro atoms. The van der Waals surface area contributed by atoms with Crippen molar-refractivity contribution in [2.45, 2.75) is 13.8 Å². The molecule has 3 N–H and O–H groups in total. The molecule has 5 heteroatoms. The number of nitrogens with two attached hydrogens (primary N) is 1. The predicted octanol–water partition coefficient (Wildman–Crippen LogP) is 2.67. The summed E-state index contributed by atoms with van der Waals surface area (Å²) < 4.78 is 13.7. The Hall–Kier alpha value is -2.43. The van der Waals surface area contributed by atoms with Gasteiger partial charge in [0.15, 0.2) is 11.6 Å². The van der Waals surface area contributed by atoms with Gasteiger partial charge in [-0.05, 0) is 43.2 Å². The Balaban J connectivity index is 2.28. The third-order valence-electron chi connectivity index (χ3n) is 2.64. The second-order valence-electron chi connectivity index (χ2n) is 4.39. The SMILES string of the molecule is Cc1cc(C)cc(NC(=O)c2ccnc(N)c2F)c1. The van der Waals surface area contributed by atoms with E-state index in [1.54, 1.807) is 0 Å². The molecule has 0 atom stereocenters. The molecule has 98 valence electrons. The predicted molar refractivity (Wildman–Crippen MR) is 72.5 cm³/mol. The summed E-state index contributed by atoms with van der Waals surface area (Å²) in [6, 6.07) is 6.91. The topological polar surface area (TPSA) is 68.0 Å². The molecule has 19 heavy (non-hydrogen) atoms. The van der Waals surface area contributed by atoms with E-state index in [1.165, 1.54) is 12.3 Å². The van der Waals surface area contributed by atoms with Crippen molar-refractivity contribution in [3.05, 3.63) is 53.0 Å². The van der Waals surface area contributed by atoms with Crippen molar-refractivity contribution in [2.75, 3.05) is 11.1 Å². The van der Waals surface area contributed by atoms with Crippen LogP contribution in [0, 0.1) is 19.7 Å². The number of hydrogen-bond acceptors (Lipinski definition) is 3. The zero-order valence-corrected chi connectivity index (χ0v) is 10.7. The Labute approximate surface area is 110 Å². The summed E-state index contributed by atoms with van der Waals surface area (Å²) in [6.07, 6.45) is 1.30. The Morgan fingerprint density at radius 1 is 1.26 bits per heavy atom. The fourth-order valence-corrected chi connectivity index (χ4v) is 1.88. The molecular weight excluding hydrogens is 245 g/mol. The lowest BCUT2D eigenvalue weighted by molar-refractivity contribution is 0.102. The number of nitrogens with zero attached hydrogens (tertiary/aromatic N) is 1. The van der Waals surface area contributed by atoms with Gasteiger partial charge in [-0.15, -0.1) is 0 Å². The van der Waals surface area contributed by atoms with Gasteiger partial charge < -0.3 is 11.1 Å². The van der Waals surface area contributed by atoms with Crippen LogP contribution < -0.4 is 11.1 Å². The number of hydrogen-bond donors (Lipinski definition) is 2. The highest BCUT2D eigenvalue weighted by Gasteiger charge is 2.14. The van der Waals surface area contributed by atoms with Crippen molar-refractivity contribution in [1.29, 1.82) is 0 Å². The lowest BCUT2D eigenvalue weighted by Gasteiger charge is -2.08. The Kier molecular flexibility index (Phi) is 3.46. The van der Waals surface area contributed by atoms with Crippen molar-refractivity contribution in [3.8, 4) is 0 Å². The summed E-state index contributed by atoms with van der Waals surface area (Å²) in [5, 5.41) is 2.65. The molecule has 2 rings (SSSR count). The molecular formula is C14H14FN3O. The fourth-order valence-electron chi connectivity index (χ4n) is 1.88. The van der Waals surface area contributed by atoms with Gasteiger partial charge in [-0.1, -0.05) is 6.07 Å². The summed E-state index contributed by atoms with van der Waals surface area (Å²) in [4.78, 5) is 15.6. The first-order valence-corrected chi connectivity index (χ1v) is 5.77. The third-order valence-corrected chi connectivity index (χ3v) is 2.64. The van der Waals surface area contributed by atoms with Crippen LogP contribution in [0.2, 0.25) is 0 Å². The molecule has 1 aromatic heterocycles. The van der Waals surface area contributed by atoms with Gasteiger partial charge in [0.1, 0.15) is 0 Å². The zero-order chi connectivity index (χ0) is 14.0. The van der Waals surface area contributed by atoms with Gasteiger partial charge in [0.05, 0.1) is 5.56 Å². The van der Waals surface area contributed by atoms with Crippen LogP contribution in [0.5, 0.6) is 0 Å². The fraction of sp³-hybridized carbons (Fsp3) is 0.143. The first kappa shape index (κ1) is 13.0. The molecule has 0 fully saturated rings. The number of anilines is 2. The van der Waals surface area contributed by atoms with Crippen molar-refractivity contribution in [3.63, 3.8) is 0 Å². The van der Waals surface area contributed by atoms with Crippen LogP contribution in [0.1, 0.15) is 21.5 Å². The highest BCUT2D eigenvalue weighted by atomic mass is 19.1. The van der Waals surface area contributed by atoms with Gasteiger partial charge in [0.25, 0.3) is 5.91 Å². The molecule has 0 saturated carbocycles. The molecule has 0 unspecified atom stereocenters. The van der Waals surface area contributed by atoms with Crippen molar-refractivity contribution in [1.82, 2.24) is 4.98 Å². The molecule has 4 nitrogen and oxygen atoms in total. The van der Waals surface area contributed by atoms with Gasteiger partial charge >= 0.3 is 0 Å². The second-order valence-corrected chi connectivity index (χ2v) is 4.39. The minimum Gasteiger partial charge on any atom is -0.381 e.